The predicted molar refractivity (Wildman–Crippen MR) is 199 cm³/mol. The van der Waals surface area contributed by atoms with Crippen molar-refractivity contribution in [2.75, 3.05) is 0 Å². The summed E-state index contributed by atoms with van der Waals surface area (Å²) in [7, 11) is 0. The zero-order valence-corrected chi connectivity index (χ0v) is 26.6. The zero-order chi connectivity index (χ0) is 31.7. The Balaban J connectivity index is 1.31. The molecule has 0 spiro atoms. The summed E-state index contributed by atoms with van der Waals surface area (Å²) in [4.78, 5) is 11.4. The van der Waals surface area contributed by atoms with Crippen molar-refractivity contribution in [3.63, 3.8) is 0 Å². The van der Waals surface area contributed by atoms with E-state index < -0.39 is 0 Å². The first-order valence-corrected chi connectivity index (χ1v) is 16.7. The van der Waals surface area contributed by atoms with Crippen LogP contribution in [0.2, 0.25) is 0 Å². The molecule has 11 rings (SSSR count). The summed E-state index contributed by atoms with van der Waals surface area (Å²) in [6.07, 6.45) is 0. The fraction of sp³-hybridized carbons (Fsp3) is 0.0667. The molecule has 0 N–H and O–H groups in total. The standard InChI is InChI=1S/C45H29N3/c1-45(2)37-20-9-7-17-35(37)41-43(45)46-42(34-23-22-33-29-15-6-5-14-28(29)31-18-11-19-32(34)40(31)33)44(47-41)48-38-21-10-8-16-30(38)36-24-26-12-3-4-13-27(26)25-39(36)48/h3-25H,1-2H3. The van der Waals surface area contributed by atoms with Crippen LogP contribution in [0.1, 0.15) is 25.1 Å². The monoisotopic (exact) mass is 611 g/mol. The second-order valence-corrected chi connectivity index (χ2v) is 13.8. The molecule has 0 bridgehead atoms. The summed E-state index contributed by atoms with van der Waals surface area (Å²) in [5, 5.41) is 7.36. The van der Waals surface area contributed by atoms with E-state index in [2.05, 4.69) is 158 Å². The predicted octanol–water partition coefficient (Wildman–Crippen LogP) is 11.5. The van der Waals surface area contributed by atoms with Crippen molar-refractivity contribution in [3.8, 4) is 50.6 Å². The average molecular weight is 612 g/mol. The SMILES string of the molecule is CC1(C)c2ccccc2-c2nc(-n3c4ccccc4c4cc5ccccc5cc43)c(-c3ccc4c5c(cccc35)-c3ccccc3-4)nc21. The molecule has 2 aliphatic carbocycles. The normalized spacial score (nSPS) is 13.8. The topological polar surface area (TPSA) is 30.7 Å². The number of fused-ring (bicyclic) bond motifs is 10. The lowest BCUT2D eigenvalue weighted by molar-refractivity contribution is 0.635. The van der Waals surface area contributed by atoms with E-state index in [9.17, 15) is 0 Å². The number of benzene rings is 7. The Morgan fingerprint density at radius 3 is 1.92 bits per heavy atom. The molecule has 0 atom stereocenters. The molecular formula is C45H29N3. The minimum Gasteiger partial charge on any atom is -0.292 e. The van der Waals surface area contributed by atoms with Crippen LogP contribution in [0.25, 0.3) is 93.9 Å². The van der Waals surface area contributed by atoms with E-state index in [1.54, 1.807) is 0 Å². The van der Waals surface area contributed by atoms with Gasteiger partial charge in [0.25, 0.3) is 0 Å². The molecule has 0 amide bonds. The maximum absolute atomic E-state index is 5.72. The molecule has 3 nitrogen and oxygen atoms in total. The van der Waals surface area contributed by atoms with Crippen LogP contribution in [0.4, 0.5) is 0 Å². The van der Waals surface area contributed by atoms with E-state index in [4.69, 9.17) is 9.97 Å². The van der Waals surface area contributed by atoms with Gasteiger partial charge in [0, 0.05) is 27.3 Å². The van der Waals surface area contributed by atoms with Crippen molar-refractivity contribution in [1.29, 1.82) is 0 Å². The lowest BCUT2D eigenvalue weighted by Gasteiger charge is -2.22. The van der Waals surface area contributed by atoms with E-state index in [0.29, 0.717) is 0 Å². The zero-order valence-electron chi connectivity index (χ0n) is 26.6. The Bertz CT molecular complexity index is 2840. The highest BCUT2D eigenvalue weighted by Crippen LogP contribution is 2.52. The van der Waals surface area contributed by atoms with Crippen molar-refractivity contribution < 1.29 is 0 Å². The van der Waals surface area contributed by atoms with Crippen LogP contribution in [0.5, 0.6) is 0 Å². The number of rotatable bonds is 2. The van der Waals surface area contributed by atoms with E-state index in [1.807, 2.05) is 0 Å². The van der Waals surface area contributed by atoms with E-state index >= 15 is 0 Å². The molecule has 9 aromatic rings. The Morgan fingerprint density at radius 1 is 0.458 bits per heavy atom. The summed E-state index contributed by atoms with van der Waals surface area (Å²) in [6.45, 7) is 4.57. The molecule has 2 heterocycles. The average Bonchev–Trinajstić information content (AvgIpc) is 3.71. The third-order valence-corrected chi connectivity index (χ3v) is 10.9. The van der Waals surface area contributed by atoms with Gasteiger partial charge in [-0.3, -0.25) is 4.57 Å². The molecule has 224 valence electrons. The summed E-state index contributed by atoms with van der Waals surface area (Å²) < 4.78 is 2.37. The van der Waals surface area contributed by atoms with Crippen LogP contribution < -0.4 is 0 Å². The van der Waals surface area contributed by atoms with E-state index in [0.717, 1.165) is 39.5 Å². The number of nitrogens with zero attached hydrogens (tertiary/aromatic N) is 3. The van der Waals surface area contributed by atoms with Crippen molar-refractivity contribution in [3.05, 3.63) is 151 Å². The van der Waals surface area contributed by atoms with Gasteiger partial charge < -0.3 is 0 Å². The Kier molecular flexibility index (Phi) is 4.91. The Morgan fingerprint density at radius 2 is 1.08 bits per heavy atom. The molecule has 2 aromatic heterocycles. The Hall–Kier alpha value is -6.06. The van der Waals surface area contributed by atoms with Crippen LogP contribution in [0.3, 0.4) is 0 Å². The summed E-state index contributed by atoms with van der Waals surface area (Å²) in [5.41, 5.74) is 13.6. The molecule has 2 aliphatic rings. The molecule has 3 heteroatoms. The summed E-state index contributed by atoms with van der Waals surface area (Å²) in [5.74, 6) is 0.860. The van der Waals surface area contributed by atoms with Crippen LogP contribution in [0.15, 0.2) is 140 Å². The molecule has 0 saturated heterocycles. The fourth-order valence-corrected chi connectivity index (χ4v) is 8.65. The minimum absolute atomic E-state index is 0.283. The number of hydrogen-bond donors (Lipinski definition) is 0. The van der Waals surface area contributed by atoms with Crippen molar-refractivity contribution in [2.24, 2.45) is 0 Å². The first kappa shape index (κ1) is 26.1. The third kappa shape index (κ3) is 3.23. The molecular weight excluding hydrogens is 583 g/mol. The van der Waals surface area contributed by atoms with Gasteiger partial charge in [-0.05, 0) is 67.6 Å². The van der Waals surface area contributed by atoms with Gasteiger partial charge in [-0.25, -0.2) is 9.97 Å². The number of aromatic nitrogens is 3. The summed E-state index contributed by atoms with van der Waals surface area (Å²) in [6, 6.07) is 50.8. The fourth-order valence-electron chi connectivity index (χ4n) is 8.65. The van der Waals surface area contributed by atoms with Crippen molar-refractivity contribution in [1.82, 2.24) is 14.5 Å². The van der Waals surface area contributed by atoms with Gasteiger partial charge in [-0.15, -0.1) is 0 Å². The van der Waals surface area contributed by atoms with Crippen LogP contribution in [-0.2, 0) is 5.41 Å². The molecule has 0 aliphatic heterocycles. The van der Waals surface area contributed by atoms with Crippen LogP contribution >= 0.6 is 0 Å². The molecule has 0 fully saturated rings. The molecule has 7 aromatic carbocycles. The number of para-hydroxylation sites is 1. The van der Waals surface area contributed by atoms with Gasteiger partial charge >= 0.3 is 0 Å². The molecule has 48 heavy (non-hydrogen) atoms. The van der Waals surface area contributed by atoms with Gasteiger partial charge in [0.2, 0.25) is 0 Å². The number of hydrogen-bond acceptors (Lipinski definition) is 2. The quantitative estimate of drug-likeness (QED) is 0.195. The second-order valence-electron chi connectivity index (χ2n) is 13.8. The van der Waals surface area contributed by atoms with Crippen molar-refractivity contribution in [2.45, 2.75) is 19.3 Å². The van der Waals surface area contributed by atoms with Crippen LogP contribution in [-0.4, -0.2) is 14.5 Å². The lowest BCUT2D eigenvalue weighted by atomic mass is 9.85. The first-order chi connectivity index (χ1) is 23.6. The highest BCUT2D eigenvalue weighted by molar-refractivity contribution is 6.19. The van der Waals surface area contributed by atoms with Gasteiger partial charge in [0.1, 0.15) is 5.69 Å². The molecule has 0 radical (unpaired) electrons. The van der Waals surface area contributed by atoms with Gasteiger partial charge in [-0.1, -0.05) is 135 Å². The van der Waals surface area contributed by atoms with Crippen LogP contribution in [0, 0.1) is 0 Å². The molecule has 0 saturated carbocycles. The highest BCUT2D eigenvalue weighted by Gasteiger charge is 2.39. The lowest BCUT2D eigenvalue weighted by Crippen LogP contribution is -2.18. The minimum atomic E-state index is -0.283. The van der Waals surface area contributed by atoms with Crippen molar-refractivity contribution >= 4 is 43.4 Å². The smallest absolute Gasteiger partial charge is 0.165 e. The van der Waals surface area contributed by atoms with Gasteiger partial charge in [0.05, 0.1) is 22.4 Å². The Labute approximate surface area is 277 Å². The van der Waals surface area contributed by atoms with Gasteiger partial charge in [-0.2, -0.15) is 0 Å². The van der Waals surface area contributed by atoms with E-state index in [1.165, 1.54) is 65.7 Å². The largest absolute Gasteiger partial charge is 0.292 e. The third-order valence-electron chi connectivity index (χ3n) is 10.9. The second kappa shape index (κ2) is 9.05. The highest BCUT2D eigenvalue weighted by atomic mass is 15.1. The molecule has 0 unspecified atom stereocenters. The van der Waals surface area contributed by atoms with E-state index in [-0.39, 0.29) is 5.41 Å². The first-order valence-electron chi connectivity index (χ1n) is 16.7. The maximum atomic E-state index is 5.72. The van der Waals surface area contributed by atoms with Gasteiger partial charge in [0.15, 0.2) is 5.82 Å². The maximum Gasteiger partial charge on any atom is 0.165 e. The summed E-state index contributed by atoms with van der Waals surface area (Å²) >= 11 is 0.